The number of rotatable bonds is 3. The first-order valence-electron chi connectivity index (χ1n) is 7.92. The number of nitrogens with zero attached hydrogens (tertiary/aromatic N) is 1. The van der Waals surface area contributed by atoms with Gasteiger partial charge in [0.05, 0.1) is 11.1 Å². The maximum Gasteiger partial charge on any atom is 0.367 e. The van der Waals surface area contributed by atoms with Gasteiger partial charge in [-0.05, 0) is 25.1 Å². The predicted octanol–water partition coefficient (Wildman–Crippen LogP) is 3.62. The molecule has 6 nitrogen and oxygen atoms in total. The Morgan fingerprint density at radius 2 is 1.50 bits per heavy atom. The third kappa shape index (κ3) is 2.48. The molecule has 0 saturated heterocycles. The van der Waals surface area contributed by atoms with Crippen LogP contribution in [0.1, 0.15) is 36.8 Å². The average molecular weight is 347 g/mol. The van der Waals surface area contributed by atoms with Gasteiger partial charge in [-0.15, -0.1) is 0 Å². The normalized spacial score (nSPS) is 13.0. The van der Waals surface area contributed by atoms with Crippen molar-refractivity contribution in [1.29, 1.82) is 0 Å². The Morgan fingerprint density at radius 1 is 0.923 bits per heavy atom. The molecule has 2 amide bonds. The van der Waals surface area contributed by atoms with Crippen molar-refractivity contribution in [3.05, 3.63) is 83.1 Å². The molecule has 128 valence electrons. The monoisotopic (exact) mass is 347 g/mol. The van der Waals surface area contributed by atoms with Gasteiger partial charge in [0.25, 0.3) is 11.8 Å². The van der Waals surface area contributed by atoms with E-state index in [-0.39, 0.29) is 16.7 Å². The molecule has 2 heterocycles. The second-order valence-corrected chi connectivity index (χ2v) is 5.78. The highest BCUT2D eigenvalue weighted by Gasteiger charge is 2.39. The lowest BCUT2D eigenvalue weighted by atomic mass is 10.1. The average Bonchev–Trinajstić information content (AvgIpc) is 3.17. The van der Waals surface area contributed by atoms with Crippen LogP contribution in [0.4, 0.5) is 0 Å². The standard InChI is InChI=1S/C20H13NO5/c1-12-16(11-17(25-12)13-7-3-2-4-8-13)20(24)26-21-18(22)14-9-5-6-10-15(14)19(21)23/h2-11H,1H3. The number of imide groups is 1. The molecule has 0 atom stereocenters. The molecular formula is C20H13NO5. The van der Waals surface area contributed by atoms with E-state index in [0.29, 0.717) is 16.6 Å². The maximum atomic E-state index is 12.5. The number of carbonyl (C=O) groups is 3. The lowest BCUT2D eigenvalue weighted by Crippen LogP contribution is -2.32. The van der Waals surface area contributed by atoms with Gasteiger partial charge < -0.3 is 9.25 Å². The van der Waals surface area contributed by atoms with Gasteiger partial charge in [0.15, 0.2) is 0 Å². The van der Waals surface area contributed by atoms with Crippen LogP contribution in [-0.4, -0.2) is 22.8 Å². The summed E-state index contributed by atoms with van der Waals surface area (Å²) >= 11 is 0. The second-order valence-electron chi connectivity index (χ2n) is 5.78. The van der Waals surface area contributed by atoms with Crippen LogP contribution in [-0.2, 0) is 4.84 Å². The Kier molecular flexibility index (Phi) is 3.65. The van der Waals surface area contributed by atoms with Crippen molar-refractivity contribution in [3.63, 3.8) is 0 Å². The van der Waals surface area contributed by atoms with E-state index in [1.54, 1.807) is 19.1 Å². The number of furan rings is 1. The summed E-state index contributed by atoms with van der Waals surface area (Å²) in [6.45, 7) is 1.62. The van der Waals surface area contributed by atoms with Gasteiger partial charge >= 0.3 is 5.97 Å². The number of carbonyl (C=O) groups excluding carboxylic acids is 3. The van der Waals surface area contributed by atoms with E-state index < -0.39 is 17.8 Å². The van der Waals surface area contributed by atoms with E-state index in [9.17, 15) is 14.4 Å². The zero-order valence-electron chi connectivity index (χ0n) is 13.8. The van der Waals surface area contributed by atoms with Crippen molar-refractivity contribution < 1.29 is 23.6 Å². The largest absolute Gasteiger partial charge is 0.460 e. The van der Waals surface area contributed by atoms with Crippen molar-refractivity contribution in [2.75, 3.05) is 0 Å². The number of benzene rings is 2. The van der Waals surface area contributed by atoms with Crippen LogP contribution in [0.25, 0.3) is 11.3 Å². The molecule has 0 aliphatic carbocycles. The summed E-state index contributed by atoms with van der Waals surface area (Å²) in [5.74, 6) is -1.32. The van der Waals surface area contributed by atoms with Gasteiger partial charge in [-0.25, -0.2) is 4.79 Å². The molecule has 0 spiro atoms. The Hall–Kier alpha value is -3.67. The topological polar surface area (TPSA) is 76.8 Å². The van der Waals surface area contributed by atoms with Crippen LogP contribution in [0, 0.1) is 6.92 Å². The summed E-state index contributed by atoms with van der Waals surface area (Å²) in [5, 5.41) is 0.488. The smallest absolute Gasteiger partial charge is 0.367 e. The summed E-state index contributed by atoms with van der Waals surface area (Å²) in [5.41, 5.74) is 1.37. The number of amides is 2. The van der Waals surface area contributed by atoms with Crippen LogP contribution in [0.2, 0.25) is 0 Å². The molecule has 4 rings (SSSR count). The first kappa shape index (κ1) is 15.8. The molecule has 3 aromatic rings. The van der Waals surface area contributed by atoms with Gasteiger partial charge in [-0.1, -0.05) is 47.5 Å². The van der Waals surface area contributed by atoms with Gasteiger partial charge in [-0.2, -0.15) is 0 Å². The molecule has 0 bridgehead atoms. The second kappa shape index (κ2) is 6.00. The highest BCUT2D eigenvalue weighted by atomic mass is 16.7. The Balaban J connectivity index is 1.59. The Labute approximate surface area is 148 Å². The van der Waals surface area contributed by atoms with E-state index in [4.69, 9.17) is 9.25 Å². The van der Waals surface area contributed by atoms with Crippen molar-refractivity contribution in [1.82, 2.24) is 5.06 Å². The summed E-state index contributed by atoms with van der Waals surface area (Å²) in [4.78, 5) is 42.1. The number of hydroxylamine groups is 2. The zero-order valence-corrected chi connectivity index (χ0v) is 13.8. The first-order chi connectivity index (χ1) is 12.6. The van der Waals surface area contributed by atoms with E-state index in [1.165, 1.54) is 18.2 Å². The summed E-state index contributed by atoms with van der Waals surface area (Å²) < 4.78 is 5.61. The summed E-state index contributed by atoms with van der Waals surface area (Å²) in [6.07, 6.45) is 0. The predicted molar refractivity (Wildman–Crippen MR) is 91.2 cm³/mol. The zero-order chi connectivity index (χ0) is 18.3. The van der Waals surface area contributed by atoms with Gasteiger partial charge in [-0.3, -0.25) is 9.59 Å². The first-order valence-corrected chi connectivity index (χ1v) is 7.92. The molecular weight excluding hydrogens is 334 g/mol. The highest BCUT2D eigenvalue weighted by molar-refractivity contribution is 6.21. The number of fused-ring (bicyclic) bond motifs is 1. The van der Waals surface area contributed by atoms with Crippen molar-refractivity contribution in [3.8, 4) is 11.3 Å². The molecule has 0 unspecified atom stereocenters. The van der Waals surface area contributed by atoms with Gasteiger partial charge in [0.1, 0.15) is 17.1 Å². The quantitative estimate of drug-likeness (QED) is 0.676. The lowest BCUT2D eigenvalue weighted by molar-refractivity contribution is -0.0585. The third-order valence-electron chi connectivity index (χ3n) is 4.13. The van der Waals surface area contributed by atoms with E-state index in [1.807, 2.05) is 30.3 Å². The van der Waals surface area contributed by atoms with Crippen LogP contribution < -0.4 is 0 Å². The number of hydrogen-bond acceptors (Lipinski definition) is 5. The minimum atomic E-state index is -0.831. The Morgan fingerprint density at radius 3 is 2.12 bits per heavy atom. The van der Waals surface area contributed by atoms with Gasteiger partial charge in [0, 0.05) is 5.56 Å². The summed E-state index contributed by atoms with van der Waals surface area (Å²) in [6, 6.07) is 17.1. The number of hydrogen-bond donors (Lipinski definition) is 0. The molecule has 0 radical (unpaired) electrons. The fourth-order valence-electron chi connectivity index (χ4n) is 2.81. The van der Waals surface area contributed by atoms with Crippen LogP contribution in [0.3, 0.4) is 0 Å². The van der Waals surface area contributed by atoms with Crippen molar-refractivity contribution in [2.45, 2.75) is 6.92 Å². The SMILES string of the molecule is Cc1oc(-c2ccccc2)cc1C(=O)ON1C(=O)c2ccccc2C1=O. The summed E-state index contributed by atoms with van der Waals surface area (Å²) in [7, 11) is 0. The molecule has 26 heavy (non-hydrogen) atoms. The van der Waals surface area contributed by atoms with E-state index >= 15 is 0 Å². The van der Waals surface area contributed by atoms with Crippen molar-refractivity contribution in [2.24, 2.45) is 0 Å². The van der Waals surface area contributed by atoms with Crippen LogP contribution in [0.5, 0.6) is 0 Å². The Bertz CT molecular complexity index is 1000. The fraction of sp³-hybridized carbons (Fsp3) is 0.0500. The molecule has 1 aromatic heterocycles. The molecule has 0 fully saturated rings. The molecule has 0 N–H and O–H groups in total. The molecule has 2 aromatic carbocycles. The molecule has 6 heteroatoms. The van der Waals surface area contributed by atoms with Crippen LogP contribution in [0.15, 0.2) is 65.1 Å². The molecule has 1 aliphatic heterocycles. The highest BCUT2D eigenvalue weighted by Crippen LogP contribution is 2.27. The van der Waals surface area contributed by atoms with Crippen molar-refractivity contribution >= 4 is 17.8 Å². The fourth-order valence-corrected chi connectivity index (χ4v) is 2.81. The minimum Gasteiger partial charge on any atom is -0.460 e. The van der Waals surface area contributed by atoms with Gasteiger partial charge in [0.2, 0.25) is 0 Å². The molecule has 0 saturated carbocycles. The number of aryl methyl sites for hydroxylation is 1. The van der Waals surface area contributed by atoms with E-state index in [2.05, 4.69) is 0 Å². The molecule has 1 aliphatic rings. The van der Waals surface area contributed by atoms with Crippen LogP contribution >= 0.6 is 0 Å². The maximum absolute atomic E-state index is 12.5. The van der Waals surface area contributed by atoms with E-state index in [0.717, 1.165) is 5.56 Å². The third-order valence-corrected chi connectivity index (χ3v) is 4.13. The lowest BCUT2D eigenvalue weighted by Gasteiger charge is -2.11. The minimum absolute atomic E-state index is 0.153.